The largest absolute Gasteiger partial charge is 0.292 e. The van der Waals surface area contributed by atoms with E-state index in [-0.39, 0.29) is 6.04 Å². The molecule has 0 fully saturated rings. The lowest BCUT2D eigenvalue weighted by Crippen LogP contribution is -2.29. The molecule has 1 heterocycles. The fourth-order valence-corrected chi connectivity index (χ4v) is 2.33. The number of pyridine rings is 1. The first kappa shape index (κ1) is 12.8. The van der Waals surface area contributed by atoms with Gasteiger partial charge in [-0.05, 0) is 30.8 Å². The van der Waals surface area contributed by atoms with Gasteiger partial charge in [-0.2, -0.15) is 0 Å². The molecule has 0 aliphatic carbocycles. The van der Waals surface area contributed by atoms with Crippen molar-refractivity contribution in [2.24, 2.45) is 0 Å². The second kappa shape index (κ2) is 6.31. The Labute approximate surface area is 109 Å². The number of rotatable bonds is 5. The Kier molecular flexibility index (Phi) is 4.48. The van der Waals surface area contributed by atoms with Crippen LogP contribution in [-0.4, -0.2) is 23.0 Å². The Morgan fingerprint density at radius 1 is 0.944 bits per heavy atom. The Morgan fingerprint density at radius 2 is 1.61 bits per heavy atom. The zero-order chi connectivity index (χ0) is 12.8. The zero-order valence-corrected chi connectivity index (χ0v) is 11.1. The van der Waals surface area contributed by atoms with Gasteiger partial charge in [-0.15, -0.1) is 0 Å². The summed E-state index contributed by atoms with van der Waals surface area (Å²) in [4.78, 5) is 6.96. The van der Waals surface area contributed by atoms with E-state index in [1.54, 1.807) is 0 Å². The molecule has 0 radical (unpaired) electrons. The second-order valence-electron chi connectivity index (χ2n) is 4.29. The van der Waals surface area contributed by atoms with Crippen LogP contribution in [0.25, 0.3) is 0 Å². The van der Waals surface area contributed by atoms with Gasteiger partial charge in [-0.3, -0.25) is 9.88 Å². The van der Waals surface area contributed by atoms with E-state index in [9.17, 15) is 0 Å². The fraction of sp³-hybridized carbons (Fsp3) is 0.312. The molecule has 0 aliphatic rings. The summed E-state index contributed by atoms with van der Waals surface area (Å²) in [6, 6.07) is 17.0. The van der Waals surface area contributed by atoms with Crippen molar-refractivity contribution in [2.75, 3.05) is 13.1 Å². The average molecular weight is 240 g/mol. The number of aromatic nitrogens is 1. The average Bonchev–Trinajstić information content (AvgIpc) is 2.46. The molecule has 0 saturated heterocycles. The molecule has 0 aliphatic heterocycles. The maximum atomic E-state index is 4.53. The first-order chi connectivity index (χ1) is 8.86. The van der Waals surface area contributed by atoms with E-state index < -0.39 is 0 Å². The van der Waals surface area contributed by atoms with Crippen LogP contribution in [0.2, 0.25) is 0 Å². The first-order valence-corrected chi connectivity index (χ1v) is 6.56. The summed E-state index contributed by atoms with van der Waals surface area (Å²) in [5.41, 5.74) is 2.42. The summed E-state index contributed by atoms with van der Waals surface area (Å²) < 4.78 is 0. The van der Waals surface area contributed by atoms with Crippen LogP contribution >= 0.6 is 0 Å². The van der Waals surface area contributed by atoms with Crippen molar-refractivity contribution in [1.29, 1.82) is 0 Å². The van der Waals surface area contributed by atoms with E-state index in [0.29, 0.717) is 0 Å². The van der Waals surface area contributed by atoms with Gasteiger partial charge in [0.25, 0.3) is 0 Å². The molecule has 2 aromatic rings. The van der Waals surface area contributed by atoms with E-state index in [4.69, 9.17) is 0 Å². The molecule has 1 aromatic heterocycles. The van der Waals surface area contributed by atoms with Gasteiger partial charge in [0.1, 0.15) is 0 Å². The lowest BCUT2D eigenvalue weighted by molar-refractivity contribution is 0.246. The lowest BCUT2D eigenvalue weighted by atomic mass is 10.0. The van der Waals surface area contributed by atoms with E-state index in [0.717, 1.165) is 18.8 Å². The fourth-order valence-electron chi connectivity index (χ4n) is 2.33. The van der Waals surface area contributed by atoms with Crippen LogP contribution in [0.4, 0.5) is 0 Å². The highest BCUT2D eigenvalue weighted by molar-refractivity contribution is 5.27. The SMILES string of the molecule is CCN(CC)C(c1ccccc1)c1ccccn1. The quantitative estimate of drug-likeness (QED) is 0.795. The molecule has 2 rings (SSSR count). The number of hydrogen-bond acceptors (Lipinski definition) is 2. The highest BCUT2D eigenvalue weighted by Crippen LogP contribution is 2.26. The van der Waals surface area contributed by atoms with Crippen LogP contribution in [0.1, 0.15) is 31.1 Å². The van der Waals surface area contributed by atoms with Gasteiger partial charge in [0.2, 0.25) is 0 Å². The van der Waals surface area contributed by atoms with E-state index in [1.807, 2.05) is 12.3 Å². The Morgan fingerprint density at radius 3 is 2.17 bits per heavy atom. The van der Waals surface area contributed by atoms with Gasteiger partial charge in [-0.1, -0.05) is 50.2 Å². The third-order valence-electron chi connectivity index (χ3n) is 3.26. The minimum Gasteiger partial charge on any atom is -0.292 e. The minimum absolute atomic E-state index is 0.252. The highest BCUT2D eigenvalue weighted by atomic mass is 15.2. The summed E-state index contributed by atoms with van der Waals surface area (Å²) in [6.07, 6.45) is 1.87. The first-order valence-electron chi connectivity index (χ1n) is 6.56. The third-order valence-corrected chi connectivity index (χ3v) is 3.26. The molecule has 18 heavy (non-hydrogen) atoms. The zero-order valence-electron chi connectivity index (χ0n) is 11.1. The highest BCUT2D eigenvalue weighted by Gasteiger charge is 2.20. The topological polar surface area (TPSA) is 16.1 Å². The normalized spacial score (nSPS) is 12.6. The van der Waals surface area contributed by atoms with Gasteiger partial charge >= 0.3 is 0 Å². The van der Waals surface area contributed by atoms with Gasteiger partial charge in [-0.25, -0.2) is 0 Å². The molecule has 0 bridgehead atoms. The summed E-state index contributed by atoms with van der Waals surface area (Å²) in [7, 11) is 0. The van der Waals surface area contributed by atoms with Crippen LogP contribution in [-0.2, 0) is 0 Å². The smallest absolute Gasteiger partial charge is 0.0776 e. The molecule has 0 amide bonds. The second-order valence-corrected chi connectivity index (χ2v) is 4.29. The molecule has 0 saturated carbocycles. The van der Waals surface area contributed by atoms with Crippen LogP contribution < -0.4 is 0 Å². The predicted octanol–water partition coefficient (Wildman–Crippen LogP) is 3.51. The number of hydrogen-bond donors (Lipinski definition) is 0. The summed E-state index contributed by atoms with van der Waals surface area (Å²) >= 11 is 0. The minimum atomic E-state index is 0.252. The van der Waals surface area contributed by atoms with Crippen LogP contribution in [0.15, 0.2) is 54.7 Å². The molecular formula is C16H20N2. The van der Waals surface area contributed by atoms with Gasteiger partial charge in [0, 0.05) is 6.20 Å². The number of benzene rings is 1. The molecule has 94 valence electrons. The third kappa shape index (κ3) is 2.77. The molecule has 1 aromatic carbocycles. The monoisotopic (exact) mass is 240 g/mol. The summed E-state index contributed by atoms with van der Waals surface area (Å²) in [6.45, 7) is 6.43. The van der Waals surface area contributed by atoms with Gasteiger partial charge in [0.05, 0.1) is 11.7 Å². The molecule has 0 N–H and O–H groups in total. The van der Waals surface area contributed by atoms with Crippen LogP contribution in [0.5, 0.6) is 0 Å². The molecule has 1 atom stereocenters. The molecule has 2 nitrogen and oxygen atoms in total. The van der Waals surface area contributed by atoms with Crippen molar-refractivity contribution < 1.29 is 0 Å². The van der Waals surface area contributed by atoms with Crippen molar-refractivity contribution in [3.8, 4) is 0 Å². The lowest BCUT2D eigenvalue weighted by Gasteiger charge is -2.29. The van der Waals surface area contributed by atoms with Crippen molar-refractivity contribution >= 4 is 0 Å². The maximum absolute atomic E-state index is 4.53. The predicted molar refractivity (Wildman–Crippen MR) is 75.4 cm³/mol. The van der Waals surface area contributed by atoms with E-state index in [1.165, 1.54) is 5.56 Å². The maximum Gasteiger partial charge on any atom is 0.0776 e. The molecular weight excluding hydrogens is 220 g/mol. The van der Waals surface area contributed by atoms with Gasteiger partial charge in [0.15, 0.2) is 0 Å². The summed E-state index contributed by atoms with van der Waals surface area (Å²) in [5.74, 6) is 0. The number of nitrogens with zero attached hydrogens (tertiary/aromatic N) is 2. The molecule has 2 heteroatoms. The Bertz CT molecular complexity index is 410. The van der Waals surface area contributed by atoms with E-state index in [2.05, 4.69) is 66.2 Å². The van der Waals surface area contributed by atoms with Crippen molar-refractivity contribution in [3.63, 3.8) is 0 Å². The van der Waals surface area contributed by atoms with Crippen molar-refractivity contribution in [2.45, 2.75) is 19.9 Å². The Balaban J connectivity index is 2.41. The van der Waals surface area contributed by atoms with Crippen molar-refractivity contribution in [1.82, 2.24) is 9.88 Å². The van der Waals surface area contributed by atoms with Gasteiger partial charge < -0.3 is 0 Å². The molecule has 1 unspecified atom stereocenters. The molecule has 0 spiro atoms. The van der Waals surface area contributed by atoms with Crippen LogP contribution in [0.3, 0.4) is 0 Å². The van der Waals surface area contributed by atoms with Crippen LogP contribution in [0, 0.1) is 0 Å². The van der Waals surface area contributed by atoms with E-state index >= 15 is 0 Å². The standard InChI is InChI=1S/C16H20N2/c1-3-18(4-2)16(14-10-6-5-7-11-14)15-12-8-9-13-17-15/h5-13,16H,3-4H2,1-2H3. The Hall–Kier alpha value is -1.67. The van der Waals surface area contributed by atoms with Crippen molar-refractivity contribution in [3.05, 3.63) is 66.0 Å². The summed E-state index contributed by atoms with van der Waals surface area (Å²) in [5, 5.41) is 0.